The van der Waals surface area contributed by atoms with Crippen LogP contribution in [-0.2, 0) is 6.42 Å². The third kappa shape index (κ3) is 1.75. The molecule has 0 bridgehead atoms. The highest BCUT2D eigenvalue weighted by molar-refractivity contribution is 6.30. The van der Waals surface area contributed by atoms with Crippen molar-refractivity contribution in [1.29, 1.82) is 0 Å². The molecule has 0 fully saturated rings. The van der Waals surface area contributed by atoms with Gasteiger partial charge in [0.15, 0.2) is 0 Å². The van der Waals surface area contributed by atoms with Crippen molar-refractivity contribution in [3.05, 3.63) is 34.3 Å². The van der Waals surface area contributed by atoms with Gasteiger partial charge in [0.1, 0.15) is 0 Å². The molecule has 2 rings (SSSR count). The lowest BCUT2D eigenvalue weighted by Crippen LogP contribution is -2.24. The summed E-state index contributed by atoms with van der Waals surface area (Å²) in [6, 6.07) is 6.00. The Morgan fingerprint density at radius 3 is 2.92 bits per heavy atom. The second kappa shape index (κ2) is 2.85. The van der Waals surface area contributed by atoms with E-state index in [1.54, 1.807) is 0 Å². The molecule has 1 aromatic rings. The molecule has 0 radical (unpaired) electrons. The van der Waals surface area contributed by atoms with Crippen LogP contribution in [0.4, 0.5) is 0 Å². The lowest BCUT2D eigenvalue weighted by molar-refractivity contribution is 0.516. The number of aliphatic imine (C=N–C) groups is 1. The third-order valence-corrected chi connectivity index (χ3v) is 2.52. The fourth-order valence-corrected chi connectivity index (χ4v) is 1.78. The average molecular weight is 194 g/mol. The van der Waals surface area contributed by atoms with E-state index in [0.717, 1.165) is 17.0 Å². The molecule has 0 saturated heterocycles. The summed E-state index contributed by atoms with van der Waals surface area (Å²) in [7, 11) is 0. The van der Waals surface area contributed by atoms with E-state index in [-0.39, 0.29) is 5.54 Å². The number of halogens is 1. The van der Waals surface area contributed by atoms with Crippen molar-refractivity contribution in [1.82, 2.24) is 0 Å². The van der Waals surface area contributed by atoms with E-state index in [1.807, 2.05) is 18.3 Å². The molecule has 0 aliphatic carbocycles. The van der Waals surface area contributed by atoms with Crippen LogP contribution in [0.25, 0.3) is 0 Å². The Labute approximate surface area is 83.4 Å². The van der Waals surface area contributed by atoms with Gasteiger partial charge in [0, 0.05) is 11.2 Å². The van der Waals surface area contributed by atoms with Crippen molar-refractivity contribution >= 4 is 17.8 Å². The first-order valence-corrected chi connectivity index (χ1v) is 4.78. The molecule has 0 spiro atoms. The lowest BCUT2D eigenvalue weighted by Gasteiger charge is -2.25. The van der Waals surface area contributed by atoms with Gasteiger partial charge in [-0.2, -0.15) is 0 Å². The molecule has 0 saturated carbocycles. The first-order valence-electron chi connectivity index (χ1n) is 4.40. The van der Waals surface area contributed by atoms with Gasteiger partial charge in [-0.3, -0.25) is 4.99 Å². The Kier molecular flexibility index (Phi) is 1.92. The summed E-state index contributed by atoms with van der Waals surface area (Å²) >= 11 is 5.89. The second-order valence-corrected chi connectivity index (χ2v) is 4.53. The number of rotatable bonds is 0. The van der Waals surface area contributed by atoms with E-state index in [0.29, 0.717) is 0 Å². The molecule has 0 N–H and O–H groups in total. The maximum atomic E-state index is 5.89. The van der Waals surface area contributed by atoms with Crippen LogP contribution in [0.2, 0.25) is 5.02 Å². The predicted molar refractivity (Wildman–Crippen MR) is 56.8 cm³/mol. The molecule has 1 aromatic carbocycles. The molecule has 1 aliphatic rings. The quantitative estimate of drug-likeness (QED) is 0.601. The summed E-state index contributed by atoms with van der Waals surface area (Å²) in [5.41, 5.74) is 2.54. The van der Waals surface area contributed by atoms with Crippen LogP contribution in [0.1, 0.15) is 25.0 Å². The van der Waals surface area contributed by atoms with Gasteiger partial charge in [-0.05, 0) is 43.5 Å². The number of hydrogen-bond acceptors (Lipinski definition) is 1. The van der Waals surface area contributed by atoms with Crippen LogP contribution in [0, 0.1) is 0 Å². The van der Waals surface area contributed by atoms with Crippen LogP contribution in [0.5, 0.6) is 0 Å². The van der Waals surface area contributed by atoms with E-state index < -0.39 is 0 Å². The minimum absolute atomic E-state index is 0.0425. The van der Waals surface area contributed by atoms with Crippen LogP contribution in [0.3, 0.4) is 0 Å². The molecular weight excluding hydrogens is 182 g/mol. The molecule has 1 nitrogen and oxygen atoms in total. The van der Waals surface area contributed by atoms with E-state index in [9.17, 15) is 0 Å². The molecule has 2 heteroatoms. The van der Waals surface area contributed by atoms with E-state index >= 15 is 0 Å². The minimum atomic E-state index is 0.0425. The molecule has 0 amide bonds. The van der Waals surface area contributed by atoms with Gasteiger partial charge in [0.05, 0.1) is 5.54 Å². The van der Waals surface area contributed by atoms with Gasteiger partial charge in [-0.25, -0.2) is 0 Å². The molecule has 0 unspecified atom stereocenters. The van der Waals surface area contributed by atoms with Gasteiger partial charge < -0.3 is 0 Å². The van der Waals surface area contributed by atoms with Crippen LogP contribution >= 0.6 is 11.6 Å². The fourth-order valence-electron chi connectivity index (χ4n) is 1.60. The summed E-state index contributed by atoms with van der Waals surface area (Å²) in [6.07, 6.45) is 2.92. The minimum Gasteiger partial charge on any atom is -0.286 e. The van der Waals surface area contributed by atoms with Crippen LogP contribution < -0.4 is 0 Å². The SMILES string of the molecule is CC1(C)Cc2ccc(Cl)cc2C=N1. The van der Waals surface area contributed by atoms with Gasteiger partial charge >= 0.3 is 0 Å². The van der Waals surface area contributed by atoms with Gasteiger partial charge in [0.2, 0.25) is 0 Å². The first kappa shape index (κ1) is 8.76. The highest BCUT2D eigenvalue weighted by Crippen LogP contribution is 2.25. The maximum Gasteiger partial charge on any atom is 0.0592 e. The summed E-state index contributed by atoms with van der Waals surface area (Å²) < 4.78 is 0. The van der Waals surface area contributed by atoms with Crippen molar-refractivity contribution < 1.29 is 0 Å². The van der Waals surface area contributed by atoms with E-state index in [2.05, 4.69) is 24.9 Å². The molecule has 68 valence electrons. The zero-order valence-electron chi connectivity index (χ0n) is 7.84. The standard InChI is InChI=1S/C11H12ClN/c1-11(2)6-8-3-4-10(12)5-9(8)7-13-11/h3-5,7H,6H2,1-2H3. The van der Waals surface area contributed by atoms with Crippen molar-refractivity contribution in [2.45, 2.75) is 25.8 Å². The topological polar surface area (TPSA) is 12.4 Å². The number of benzene rings is 1. The normalized spacial score (nSPS) is 18.4. The Morgan fingerprint density at radius 2 is 2.15 bits per heavy atom. The Balaban J connectivity index is 2.47. The van der Waals surface area contributed by atoms with Crippen molar-refractivity contribution in [2.24, 2.45) is 4.99 Å². The molecular formula is C11H12ClN. The Hall–Kier alpha value is -0.820. The van der Waals surface area contributed by atoms with Crippen molar-refractivity contribution in [3.8, 4) is 0 Å². The molecule has 13 heavy (non-hydrogen) atoms. The summed E-state index contributed by atoms with van der Waals surface area (Å²) in [5, 5.41) is 0.782. The highest BCUT2D eigenvalue weighted by atomic mass is 35.5. The third-order valence-electron chi connectivity index (χ3n) is 2.28. The molecule has 0 atom stereocenters. The van der Waals surface area contributed by atoms with Crippen LogP contribution in [0.15, 0.2) is 23.2 Å². The smallest absolute Gasteiger partial charge is 0.0592 e. The van der Waals surface area contributed by atoms with Gasteiger partial charge in [0.25, 0.3) is 0 Å². The highest BCUT2D eigenvalue weighted by Gasteiger charge is 2.21. The Morgan fingerprint density at radius 1 is 1.38 bits per heavy atom. The van der Waals surface area contributed by atoms with Crippen LogP contribution in [-0.4, -0.2) is 11.8 Å². The number of hydrogen-bond donors (Lipinski definition) is 0. The van der Waals surface area contributed by atoms with Crippen molar-refractivity contribution in [3.63, 3.8) is 0 Å². The largest absolute Gasteiger partial charge is 0.286 e. The van der Waals surface area contributed by atoms with E-state index in [1.165, 1.54) is 5.56 Å². The Bertz CT molecular complexity index is 366. The fraction of sp³-hybridized carbons (Fsp3) is 0.364. The second-order valence-electron chi connectivity index (χ2n) is 4.09. The van der Waals surface area contributed by atoms with Gasteiger partial charge in [-0.15, -0.1) is 0 Å². The van der Waals surface area contributed by atoms with Crippen molar-refractivity contribution in [2.75, 3.05) is 0 Å². The summed E-state index contributed by atoms with van der Waals surface area (Å²) in [6.45, 7) is 4.28. The number of fused-ring (bicyclic) bond motifs is 1. The predicted octanol–water partition coefficient (Wildman–Crippen LogP) is 3.09. The lowest BCUT2D eigenvalue weighted by atomic mass is 9.90. The molecule has 1 heterocycles. The maximum absolute atomic E-state index is 5.89. The van der Waals surface area contributed by atoms with Gasteiger partial charge in [-0.1, -0.05) is 17.7 Å². The van der Waals surface area contributed by atoms with E-state index in [4.69, 9.17) is 11.6 Å². The molecule has 1 aliphatic heterocycles. The summed E-state index contributed by atoms with van der Waals surface area (Å²) in [4.78, 5) is 4.46. The average Bonchev–Trinajstić information content (AvgIpc) is 2.05. The first-order chi connectivity index (χ1) is 6.07. The number of nitrogens with zero attached hydrogens (tertiary/aromatic N) is 1. The summed E-state index contributed by atoms with van der Waals surface area (Å²) in [5.74, 6) is 0. The monoisotopic (exact) mass is 193 g/mol. The zero-order valence-corrected chi connectivity index (χ0v) is 8.60. The molecule has 0 aromatic heterocycles. The zero-order chi connectivity index (χ0) is 9.47.